The number of nitrogens with zero attached hydrogens (tertiary/aromatic N) is 2. The van der Waals surface area contributed by atoms with Crippen molar-refractivity contribution >= 4 is 17.7 Å². The third kappa shape index (κ3) is 6.31. The van der Waals surface area contributed by atoms with Gasteiger partial charge in [-0.1, -0.05) is 5.16 Å². The molecule has 0 amide bonds. The molecule has 0 saturated heterocycles. The SMILES string of the molecule is Cc1nc(CSCCC(=O)OC(C)(C)C)no1. The lowest BCUT2D eigenvalue weighted by Gasteiger charge is -2.19. The van der Waals surface area contributed by atoms with E-state index in [4.69, 9.17) is 9.26 Å². The summed E-state index contributed by atoms with van der Waals surface area (Å²) in [5.41, 5.74) is -0.410. The van der Waals surface area contributed by atoms with Crippen LogP contribution in [0.5, 0.6) is 0 Å². The fourth-order valence-electron chi connectivity index (χ4n) is 1.11. The number of ether oxygens (including phenoxy) is 1. The fraction of sp³-hybridized carbons (Fsp3) is 0.727. The van der Waals surface area contributed by atoms with Crippen molar-refractivity contribution < 1.29 is 14.1 Å². The number of carbonyl (C=O) groups is 1. The van der Waals surface area contributed by atoms with Crippen molar-refractivity contribution in [2.75, 3.05) is 5.75 Å². The Morgan fingerprint density at radius 3 is 2.71 bits per heavy atom. The molecule has 0 saturated carbocycles. The molecule has 0 radical (unpaired) electrons. The second-order valence-corrected chi connectivity index (χ2v) is 5.72. The van der Waals surface area contributed by atoms with Crippen LogP contribution in [0.3, 0.4) is 0 Å². The van der Waals surface area contributed by atoms with E-state index in [1.807, 2.05) is 20.8 Å². The maximum Gasteiger partial charge on any atom is 0.307 e. The maximum atomic E-state index is 11.4. The zero-order valence-corrected chi connectivity index (χ0v) is 11.5. The van der Waals surface area contributed by atoms with Crippen LogP contribution in [-0.2, 0) is 15.3 Å². The first-order chi connectivity index (χ1) is 7.87. The van der Waals surface area contributed by atoms with E-state index < -0.39 is 5.60 Å². The smallest absolute Gasteiger partial charge is 0.307 e. The Balaban J connectivity index is 2.14. The summed E-state index contributed by atoms with van der Waals surface area (Å²) in [6.45, 7) is 7.34. The molecule has 1 aromatic heterocycles. The zero-order chi connectivity index (χ0) is 12.9. The molecule has 6 heteroatoms. The van der Waals surface area contributed by atoms with Gasteiger partial charge in [-0.15, -0.1) is 0 Å². The molecular weight excluding hydrogens is 240 g/mol. The third-order valence-corrected chi connectivity index (χ3v) is 2.63. The van der Waals surface area contributed by atoms with Crippen LogP contribution in [-0.4, -0.2) is 27.5 Å². The van der Waals surface area contributed by atoms with Crippen molar-refractivity contribution in [1.82, 2.24) is 10.1 Å². The number of thioether (sulfide) groups is 1. The van der Waals surface area contributed by atoms with E-state index >= 15 is 0 Å². The molecule has 0 spiro atoms. The van der Waals surface area contributed by atoms with Gasteiger partial charge in [-0.3, -0.25) is 4.79 Å². The predicted molar refractivity (Wildman–Crippen MR) is 65.7 cm³/mol. The van der Waals surface area contributed by atoms with Crippen LogP contribution in [0.15, 0.2) is 4.52 Å². The molecule has 5 nitrogen and oxygen atoms in total. The van der Waals surface area contributed by atoms with Gasteiger partial charge in [-0.25, -0.2) is 0 Å². The summed E-state index contributed by atoms with van der Waals surface area (Å²) in [7, 11) is 0. The van der Waals surface area contributed by atoms with Gasteiger partial charge in [0.25, 0.3) is 0 Å². The molecule has 0 atom stereocenters. The van der Waals surface area contributed by atoms with Crippen LogP contribution in [0.2, 0.25) is 0 Å². The van der Waals surface area contributed by atoms with Gasteiger partial charge in [0.2, 0.25) is 5.89 Å². The average molecular weight is 258 g/mol. The Morgan fingerprint density at radius 1 is 1.47 bits per heavy atom. The highest BCUT2D eigenvalue weighted by Crippen LogP contribution is 2.13. The molecule has 0 fully saturated rings. The molecule has 0 bridgehead atoms. The first kappa shape index (κ1) is 14.0. The normalized spacial score (nSPS) is 11.5. The molecule has 17 heavy (non-hydrogen) atoms. The van der Waals surface area contributed by atoms with E-state index in [0.717, 1.165) is 0 Å². The summed E-state index contributed by atoms with van der Waals surface area (Å²) in [5.74, 6) is 2.40. The van der Waals surface area contributed by atoms with Crippen molar-refractivity contribution in [2.45, 2.75) is 45.5 Å². The molecule has 96 valence electrons. The molecule has 1 rings (SSSR count). The molecule has 1 aromatic rings. The van der Waals surface area contributed by atoms with Crippen LogP contribution < -0.4 is 0 Å². The van der Waals surface area contributed by atoms with E-state index in [9.17, 15) is 4.79 Å². The number of rotatable bonds is 5. The standard InChI is InChI=1S/C11H18N2O3S/c1-8-12-9(13-16-8)7-17-6-5-10(14)15-11(2,3)4/h5-7H2,1-4H3. The Morgan fingerprint density at radius 2 is 2.18 bits per heavy atom. The summed E-state index contributed by atoms with van der Waals surface area (Å²) >= 11 is 1.59. The van der Waals surface area contributed by atoms with Crippen molar-refractivity contribution in [3.8, 4) is 0 Å². The molecule has 0 aliphatic rings. The number of aromatic nitrogens is 2. The number of hydrogen-bond donors (Lipinski definition) is 0. The van der Waals surface area contributed by atoms with Crippen molar-refractivity contribution in [1.29, 1.82) is 0 Å². The number of aryl methyl sites for hydroxylation is 1. The highest BCUT2D eigenvalue weighted by atomic mass is 32.2. The van der Waals surface area contributed by atoms with Crippen molar-refractivity contribution in [3.63, 3.8) is 0 Å². The minimum atomic E-state index is -0.410. The molecular formula is C11H18N2O3S. The monoisotopic (exact) mass is 258 g/mol. The summed E-state index contributed by atoms with van der Waals surface area (Å²) in [6, 6.07) is 0. The Labute approximate surface area is 105 Å². The van der Waals surface area contributed by atoms with Crippen LogP contribution in [0, 0.1) is 6.92 Å². The van der Waals surface area contributed by atoms with Gasteiger partial charge in [0.15, 0.2) is 5.82 Å². The van der Waals surface area contributed by atoms with Gasteiger partial charge in [0.05, 0.1) is 12.2 Å². The van der Waals surface area contributed by atoms with Crippen molar-refractivity contribution in [2.24, 2.45) is 0 Å². The molecule has 1 heterocycles. The topological polar surface area (TPSA) is 65.2 Å². The second kappa shape index (κ2) is 6.05. The first-order valence-electron chi connectivity index (χ1n) is 5.45. The Hall–Kier alpha value is -1.04. The molecule has 0 aliphatic heterocycles. The summed E-state index contributed by atoms with van der Waals surface area (Å²) in [5, 5.41) is 3.77. The number of hydrogen-bond acceptors (Lipinski definition) is 6. The Bertz CT molecular complexity index is 371. The molecule has 0 aromatic carbocycles. The minimum absolute atomic E-state index is 0.172. The van der Waals surface area contributed by atoms with Gasteiger partial charge < -0.3 is 9.26 Å². The van der Waals surface area contributed by atoms with E-state index in [0.29, 0.717) is 29.6 Å². The van der Waals surface area contributed by atoms with Gasteiger partial charge in [0, 0.05) is 12.7 Å². The maximum absolute atomic E-state index is 11.4. The van der Waals surface area contributed by atoms with Crippen LogP contribution in [0.25, 0.3) is 0 Å². The summed E-state index contributed by atoms with van der Waals surface area (Å²) in [4.78, 5) is 15.5. The fourth-order valence-corrected chi connectivity index (χ4v) is 1.87. The zero-order valence-electron chi connectivity index (χ0n) is 10.6. The predicted octanol–water partition coefficient (Wildman–Crippen LogP) is 2.34. The third-order valence-electron chi connectivity index (χ3n) is 1.67. The molecule has 0 unspecified atom stereocenters. The molecule has 0 N–H and O–H groups in total. The lowest BCUT2D eigenvalue weighted by Crippen LogP contribution is -2.24. The van der Waals surface area contributed by atoms with Crippen LogP contribution in [0.4, 0.5) is 0 Å². The highest BCUT2D eigenvalue weighted by Gasteiger charge is 2.15. The number of carbonyl (C=O) groups excluding carboxylic acids is 1. The van der Waals surface area contributed by atoms with E-state index in [2.05, 4.69) is 10.1 Å². The van der Waals surface area contributed by atoms with Gasteiger partial charge >= 0.3 is 5.97 Å². The molecule has 0 aliphatic carbocycles. The van der Waals surface area contributed by atoms with E-state index in [-0.39, 0.29) is 5.97 Å². The summed E-state index contributed by atoms with van der Waals surface area (Å²) in [6.07, 6.45) is 0.402. The van der Waals surface area contributed by atoms with Gasteiger partial charge in [-0.2, -0.15) is 16.7 Å². The lowest BCUT2D eigenvalue weighted by atomic mass is 10.2. The van der Waals surface area contributed by atoms with Crippen molar-refractivity contribution in [3.05, 3.63) is 11.7 Å². The highest BCUT2D eigenvalue weighted by molar-refractivity contribution is 7.98. The van der Waals surface area contributed by atoms with E-state index in [1.54, 1.807) is 18.7 Å². The van der Waals surface area contributed by atoms with Crippen LogP contribution >= 0.6 is 11.8 Å². The minimum Gasteiger partial charge on any atom is -0.460 e. The summed E-state index contributed by atoms with van der Waals surface area (Å²) < 4.78 is 10.0. The van der Waals surface area contributed by atoms with Gasteiger partial charge in [0.1, 0.15) is 5.60 Å². The number of esters is 1. The average Bonchev–Trinajstić information content (AvgIpc) is 2.56. The Kier molecular flexibility index (Phi) is 4.99. The second-order valence-electron chi connectivity index (χ2n) is 4.62. The van der Waals surface area contributed by atoms with Crippen LogP contribution in [0.1, 0.15) is 38.9 Å². The van der Waals surface area contributed by atoms with E-state index in [1.165, 1.54) is 0 Å². The first-order valence-corrected chi connectivity index (χ1v) is 6.61. The van der Waals surface area contributed by atoms with Gasteiger partial charge in [-0.05, 0) is 20.8 Å². The quantitative estimate of drug-likeness (QED) is 0.596. The lowest BCUT2D eigenvalue weighted by molar-refractivity contribution is -0.154. The largest absolute Gasteiger partial charge is 0.460 e.